The van der Waals surface area contributed by atoms with E-state index in [1.807, 2.05) is 12.2 Å². The highest BCUT2D eigenvalue weighted by atomic mass is 15.0. The van der Waals surface area contributed by atoms with Crippen LogP contribution < -0.4 is 5.32 Å². The quantitative estimate of drug-likeness (QED) is 0.625. The third kappa shape index (κ3) is 2.67. The molecule has 0 aliphatic carbocycles. The van der Waals surface area contributed by atoms with E-state index in [2.05, 4.69) is 43.8 Å². The average Bonchev–Trinajstić information content (AvgIpc) is 2.34. The minimum atomic E-state index is 0.0666. The second-order valence-corrected chi connectivity index (χ2v) is 5.36. The number of piperidine rings is 1. The minimum Gasteiger partial charge on any atom is -0.310 e. The van der Waals surface area contributed by atoms with Gasteiger partial charge in [-0.25, -0.2) is 0 Å². The molecule has 1 N–H and O–H groups in total. The Morgan fingerprint density at radius 3 is 1.78 bits per heavy atom. The number of rotatable bonds is 8. The van der Waals surface area contributed by atoms with Crippen molar-refractivity contribution in [1.29, 1.82) is 0 Å². The Bertz CT molecular complexity index is 262. The normalized spacial score (nSPS) is 20.9. The van der Waals surface area contributed by atoms with E-state index in [1.54, 1.807) is 0 Å². The van der Waals surface area contributed by atoms with Crippen LogP contribution in [0.25, 0.3) is 0 Å². The maximum atomic E-state index is 3.95. The molecule has 1 nitrogen and oxygen atoms in total. The highest BCUT2D eigenvalue weighted by Crippen LogP contribution is 2.49. The van der Waals surface area contributed by atoms with Gasteiger partial charge in [0.05, 0.1) is 0 Å². The van der Waals surface area contributed by atoms with Crippen molar-refractivity contribution in [2.24, 2.45) is 5.41 Å². The molecule has 0 spiro atoms. The van der Waals surface area contributed by atoms with Crippen LogP contribution in [-0.4, -0.2) is 12.1 Å². The van der Waals surface area contributed by atoms with Crippen LogP contribution in [0.1, 0.15) is 38.5 Å². The molecule has 100 valence electrons. The van der Waals surface area contributed by atoms with Gasteiger partial charge in [-0.15, -0.1) is 26.3 Å². The summed E-state index contributed by atoms with van der Waals surface area (Å²) in [6.07, 6.45) is 14.6. The predicted molar refractivity (Wildman–Crippen MR) is 81.7 cm³/mol. The SMILES string of the molecule is C=CCC1(CC=C)CCCNC1(CC=C)CC=C. The third-order valence-corrected chi connectivity index (χ3v) is 4.37. The summed E-state index contributed by atoms with van der Waals surface area (Å²) in [7, 11) is 0. The molecule has 0 aromatic rings. The summed E-state index contributed by atoms with van der Waals surface area (Å²) in [5.74, 6) is 0. The van der Waals surface area contributed by atoms with Crippen molar-refractivity contribution in [3.63, 3.8) is 0 Å². The van der Waals surface area contributed by atoms with E-state index < -0.39 is 0 Å². The van der Waals surface area contributed by atoms with Crippen molar-refractivity contribution < 1.29 is 0 Å². The zero-order valence-electron chi connectivity index (χ0n) is 11.6. The highest BCUT2D eigenvalue weighted by molar-refractivity contribution is 5.14. The Labute approximate surface area is 112 Å². The molecule has 1 fully saturated rings. The predicted octanol–water partition coefficient (Wildman–Crippen LogP) is 4.40. The first-order valence-corrected chi connectivity index (χ1v) is 6.89. The van der Waals surface area contributed by atoms with Gasteiger partial charge in [-0.3, -0.25) is 0 Å². The Kier molecular flexibility index (Phi) is 5.61. The summed E-state index contributed by atoms with van der Waals surface area (Å²) in [6, 6.07) is 0. The minimum absolute atomic E-state index is 0.0666. The molecule has 18 heavy (non-hydrogen) atoms. The van der Waals surface area contributed by atoms with Crippen LogP contribution in [0.15, 0.2) is 50.6 Å². The lowest BCUT2D eigenvalue weighted by Crippen LogP contribution is -2.61. The maximum absolute atomic E-state index is 3.95. The van der Waals surface area contributed by atoms with Crippen LogP contribution in [-0.2, 0) is 0 Å². The lowest BCUT2D eigenvalue weighted by atomic mass is 9.58. The summed E-state index contributed by atoms with van der Waals surface area (Å²) in [5, 5.41) is 3.76. The summed E-state index contributed by atoms with van der Waals surface area (Å²) in [5.41, 5.74) is 0.272. The fraction of sp³-hybridized carbons (Fsp3) is 0.529. The van der Waals surface area contributed by atoms with Gasteiger partial charge in [0, 0.05) is 5.54 Å². The summed E-state index contributed by atoms with van der Waals surface area (Å²) < 4.78 is 0. The van der Waals surface area contributed by atoms with E-state index in [-0.39, 0.29) is 11.0 Å². The zero-order valence-corrected chi connectivity index (χ0v) is 11.6. The standard InChI is InChI=1S/C17H27N/c1-5-10-16(11-6-2)14-9-15-18-17(16,12-7-3)13-8-4/h5-8,18H,1-4,9-15H2. The first-order chi connectivity index (χ1) is 8.70. The molecular formula is C17H27N. The van der Waals surface area contributed by atoms with Gasteiger partial charge < -0.3 is 5.32 Å². The zero-order chi connectivity index (χ0) is 13.5. The molecule has 0 amide bonds. The number of hydrogen-bond acceptors (Lipinski definition) is 1. The van der Waals surface area contributed by atoms with Crippen molar-refractivity contribution in [3.05, 3.63) is 50.6 Å². The van der Waals surface area contributed by atoms with Gasteiger partial charge in [0.1, 0.15) is 0 Å². The van der Waals surface area contributed by atoms with Crippen LogP contribution in [0, 0.1) is 5.41 Å². The lowest BCUT2D eigenvalue weighted by Gasteiger charge is -2.54. The van der Waals surface area contributed by atoms with E-state index in [0.29, 0.717) is 0 Å². The van der Waals surface area contributed by atoms with Gasteiger partial charge in [0.15, 0.2) is 0 Å². The van der Waals surface area contributed by atoms with Crippen LogP contribution in [0.2, 0.25) is 0 Å². The Hall–Kier alpha value is -1.08. The van der Waals surface area contributed by atoms with Gasteiger partial charge >= 0.3 is 0 Å². The van der Waals surface area contributed by atoms with Crippen molar-refractivity contribution in [1.82, 2.24) is 5.32 Å². The van der Waals surface area contributed by atoms with Crippen LogP contribution in [0.5, 0.6) is 0 Å². The van der Waals surface area contributed by atoms with Crippen molar-refractivity contribution >= 4 is 0 Å². The molecule has 1 aliphatic rings. The van der Waals surface area contributed by atoms with E-state index in [0.717, 1.165) is 32.2 Å². The topological polar surface area (TPSA) is 12.0 Å². The van der Waals surface area contributed by atoms with Gasteiger partial charge in [-0.2, -0.15) is 0 Å². The second kappa shape index (κ2) is 6.75. The molecule has 0 atom stereocenters. The van der Waals surface area contributed by atoms with Crippen molar-refractivity contribution in [2.45, 2.75) is 44.1 Å². The van der Waals surface area contributed by atoms with Gasteiger partial charge in [-0.1, -0.05) is 24.3 Å². The molecular weight excluding hydrogens is 218 g/mol. The molecule has 0 aromatic heterocycles. The molecule has 1 rings (SSSR count). The average molecular weight is 245 g/mol. The second-order valence-electron chi connectivity index (χ2n) is 5.36. The molecule has 0 aromatic carbocycles. The molecule has 1 heterocycles. The summed E-state index contributed by atoms with van der Waals surface area (Å²) in [6.45, 7) is 16.9. The Balaban J connectivity index is 3.17. The first kappa shape index (κ1) is 15.0. The van der Waals surface area contributed by atoms with E-state index in [9.17, 15) is 0 Å². The maximum Gasteiger partial charge on any atom is 0.0312 e. The fourth-order valence-corrected chi connectivity index (χ4v) is 3.57. The van der Waals surface area contributed by atoms with E-state index in [1.165, 1.54) is 12.8 Å². The van der Waals surface area contributed by atoms with Gasteiger partial charge in [0.25, 0.3) is 0 Å². The van der Waals surface area contributed by atoms with Crippen LogP contribution in [0.3, 0.4) is 0 Å². The largest absolute Gasteiger partial charge is 0.310 e. The number of nitrogens with one attached hydrogen (secondary N) is 1. The van der Waals surface area contributed by atoms with Gasteiger partial charge in [-0.05, 0) is 50.5 Å². The van der Waals surface area contributed by atoms with Crippen LogP contribution >= 0.6 is 0 Å². The number of allylic oxidation sites excluding steroid dienone is 2. The van der Waals surface area contributed by atoms with Crippen molar-refractivity contribution in [3.8, 4) is 0 Å². The Morgan fingerprint density at radius 1 is 0.833 bits per heavy atom. The smallest absolute Gasteiger partial charge is 0.0312 e. The molecule has 0 bridgehead atoms. The van der Waals surface area contributed by atoms with Crippen molar-refractivity contribution in [2.75, 3.05) is 6.54 Å². The number of hydrogen-bond donors (Lipinski definition) is 1. The Morgan fingerprint density at radius 2 is 1.33 bits per heavy atom. The highest BCUT2D eigenvalue weighted by Gasteiger charge is 2.49. The van der Waals surface area contributed by atoms with Gasteiger partial charge in [0.2, 0.25) is 0 Å². The monoisotopic (exact) mass is 245 g/mol. The fourth-order valence-electron chi connectivity index (χ4n) is 3.57. The first-order valence-electron chi connectivity index (χ1n) is 6.89. The molecule has 1 heteroatoms. The van der Waals surface area contributed by atoms with E-state index >= 15 is 0 Å². The molecule has 1 saturated heterocycles. The molecule has 0 saturated carbocycles. The third-order valence-electron chi connectivity index (χ3n) is 4.37. The molecule has 0 radical (unpaired) electrons. The van der Waals surface area contributed by atoms with Crippen LogP contribution in [0.4, 0.5) is 0 Å². The molecule has 0 unspecified atom stereocenters. The summed E-state index contributed by atoms with van der Waals surface area (Å²) in [4.78, 5) is 0. The summed E-state index contributed by atoms with van der Waals surface area (Å²) >= 11 is 0. The lowest BCUT2D eigenvalue weighted by molar-refractivity contribution is 0.0456. The molecule has 1 aliphatic heterocycles. The van der Waals surface area contributed by atoms with E-state index in [4.69, 9.17) is 0 Å².